The zero-order chi connectivity index (χ0) is 13.8. The van der Waals surface area contributed by atoms with E-state index < -0.39 is 16.1 Å². The number of sulfonamides is 1. The van der Waals surface area contributed by atoms with Gasteiger partial charge in [0, 0.05) is 11.6 Å². The van der Waals surface area contributed by atoms with Gasteiger partial charge in [-0.25, -0.2) is 13.1 Å². The molecule has 2 N–H and O–H groups in total. The van der Waals surface area contributed by atoms with Gasteiger partial charge in [0.15, 0.2) is 0 Å². The highest BCUT2D eigenvalue weighted by Gasteiger charge is 2.22. The Morgan fingerprint density at radius 3 is 2.72 bits per heavy atom. The van der Waals surface area contributed by atoms with Gasteiger partial charge in [0.05, 0.1) is 24.3 Å². The second-order valence-corrected chi connectivity index (χ2v) is 6.54. The predicted octanol–water partition coefficient (Wildman–Crippen LogP) is 1.39. The minimum absolute atomic E-state index is 0.0399. The van der Waals surface area contributed by atoms with Gasteiger partial charge in [-0.3, -0.25) is 0 Å². The first-order valence-corrected chi connectivity index (χ1v) is 7.63. The van der Waals surface area contributed by atoms with Crippen molar-refractivity contribution in [2.24, 2.45) is 0 Å². The average Bonchev–Trinajstić information content (AvgIpc) is 2.27. The molecular formula is C10H13BrClNO4S. The normalized spacial score (nSPS) is 13.6. The third kappa shape index (κ3) is 4.18. The van der Waals surface area contributed by atoms with Crippen molar-refractivity contribution in [3.63, 3.8) is 0 Å². The molecule has 1 unspecified atom stereocenters. The molecule has 8 heteroatoms. The predicted molar refractivity (Wildman–Crippen MR) is 72.2 cm³/mol. The Kier molecular flexibility index (Phi) is 6.03. The largest absolute Gasteiger partial charge is 0.395 e. The van der Waals surface area contributed by atoms with E-state index >= 15 is 0 Å². The molecule has 18 heavy (non-hydrogen) atoms. The molecule has 1 rings (SSSR count). The van der Waals surface area contributed by atoms with Crippen molar-refractivity contribution in [1.29, 1.82) is 0 Å². The van der Waals surface area contributed by atoms with Crippen LogP contribution in [-0.2, 0) is 14.8 Å². The molecule has 0 aromatic heterocycles. The average molecular weight is 359 g/mol. The molecule has 0 aliphatic heterocycles. The lowest BCUT2D eigenvalue weighted by atomic mass is 10.4. The topological polar surface area (TPSA) is 75.6 Å². The summed E-state index contributed by atoms with van der Waals surface area (Å²) >= 11 is 9.07. The Bertz CT molecular complexity index is 509. The van der Waals surface area contributed by atoms with Crippen LogP contribution in [-0.4, -0.2) is 39.9 Å². The van der Waals surface area contributed by atoms with Gasteiger partial charge in [-0.15, -0.1) is 0 Å². The standard InChI is InChI=1S/C10H13BrClNO4S/c1-17-6-8(5-14)13-18(15,16)10-3-2-7(11)4-9(10)12/h2-4,8,13-14H,5-6H2,1H3. The van der Waals surface area contributed by atoms with E-state index in [9.17, 15) is 8.42 Å². The molecule has 0 saturated heterocycles. The Hall–Kier alpha value is -0.180. The second-order valence-electron chi connectivity index (χ2n) is 3.53. The summed E-state index contributed by atoms with van der Waals surface area (Å²) in [6.45, 7) is -0.287. The number of aliphatic hydroxyl groups excluding tert-OH is 1. The van der Waals surface area contributed by atoms with E-state index in [4.69, 9.17) is 21.4 Å². The molecular weight excluding hydrogens is 346 g/mol. The SMILES string of the molecule is COCC(CO)NS(=O)(=O)c1ccc(Br)cc1Cl. The number of rotatable bonds is 6. The minimum atomic E-state index is -3.78. The maximum Gasteiger partial charge on any atom is 0.242 e. The van der Waals surface area contributed by atoms with Crippen LogP contribution in [0.1, 0.15) is 0 Å². The molecule has 1 aromatic rings. The zero-order valence-electron chi connectivity index (χ0n) is 9.56. The van der Waals surface area contributed by atoms with E-state index in [1.165, 1.54) is 19.2 Å². The van der Waals surface area contributed by atoms with Crippen molar-refractivity contribution in [1.82, 2.24) is 4.72 Å². The Balaban J connectivity index is 2.99. The molecule has 0 fully saturated rings. The van der Waals surface area contributed by atoms with E-state index in [2.05, 4.69) is 20.7 Å². The molecule has 0 radical (unpaired) electrons. The lowest BCUT2D eigenvalue weighted by molar-refractivity contribution is 0.139. The number of aliphatic hydroxyl groups is 1. The van der Waals surface area contributed by atoms with Crippen molar-refractivity contribution < 1.29 is 18.3 Å². The first kappa shape index (κ1) is 15.9. The molecule has 1 atom stereocenters. The van der Waals surface area contributed by atoms with Gasteiger partial charge in [0.2, 0.25) is 10.0 Å². The fourth-order valence-corrected chi connectivity index (χ4v) is 3.55. The van der Waals surface area contributed by atoms with E-state index in [0.717, 1.165) is 0 Å². The summed E-state index contributed by atoms with van der Waals surface area (Å²) < 4.78 is 31.9. The fourth-order valence-electron chi connectivity index (χ4n) is 1.30. The Labute approximate surface area is 119 Å². The van der Waals surface area contributed by atoms with Crippen LogP contribution in [0, 0.1) is 0 Å². The molecule has 102 valence electrons. The molecule has 0 amide bonds. The summed E-state index contributed by atoms with van der Waals surface area (Å²) in [6, 6.07) is 3.74. The van der Waals surface area contributed by atoms with Crippen molar-refractivity contribution >= 4 is 37.6 Å². The number of hydrogen-bond donors (Lipinski definition) is 2. The van der Waals surface area contributed by atoms with Crippen molar-refractivity contribution in [3.8, 4) is 0 Å². The highest BCUT2D eigenvalue weighted by atomic mass is 79.9. The van der Waals surface area contributed by atoms with Gasteiger partial charge in [0.1, 0.15) is 4.90 Å². The van der Waals surface area contributed by atoms with Crippen LogP contribution in [0.25, 0.3) is 0 Å². The number of ether oxygens (including phenoxy) is 1. The van der Waals surface area contributed by atoms with Gasteiger partial charge in [-0.2, -0.15) is 0 Å². The second kappa shape index (κ2) is 6.83. The maximum atomic E-state index is 12.0. The van der Waals surface area contributed by atoms with Crippen LogP contribution in [0.2, 0.25) is 5.02 Å². The van der Waals surface area contributed by atoms with E-state index in [1.807, 2.05) is 0 Å². The number of hydrogen-bond acceptors (Lipinski definition) is 4. The summed E-state index contributed by atoms with van der Waals surface area (Å²) in [7, 11) is -2.36. The first-order valence-electron chi connectivity index (χ1n) is 4.98. The molecule has 5 nitrogen and oxygen atoms in total. The summed E-state index contributed by atoms with van der Waals surface area (Å²) in [6.07, 6.45) is 0. The zero-order valence-corrected chi connectivity index (χ0v) is 12.7. The van der Waals surface area contributed by atoms with Crippen molar-refractivity contribution in [3.05, 3.63) is 27.7 Å². The summed E-state index contributed by atoms with van der Waals surface area (Å²) in [5, 5.41) is 9.14. The number of benzene rings is 1. The van der Waals surface area contributed by atoms with Gasteiger partial charge >= 0.3 is 0 Å². The van der Waals surface area contributed by atoms with Gasteiger partial charge in [0.25, 0.3) is 0 Å². The fraction of sp³-hybridized carbons (Fsp3) is 0.400. The van der Waals surface area contributed by atoms with Crippen LogP contribution in [0.5, 0.6) is 0 Å². The molecule has 0 aliphatic rings. The maximum absolute atomic E-state index is 12.0. The third-order valence-electron chi connectivity index (χ3n) is 2.09. The van der Waals surface area contributed by atoms with Crippen molar-refractivity contribution in [2.75, 3.05) is 20.3 Å². The van der Waals surface area contributed by atoms with Crippen molar-refractivity contribution in [2.45, 2.75) is 10.9 Å². The monoisotopic (exact) mass is 357 g/mol. The molecule has 0 aliphatic carbocycles. The van der Waals surface area contributed by atoms with E-state index in [1.54, 1.807) is 6.07 Å². The van der Waals surface area contributed by atoms with Gasteiger partial charge in [-0.1, -0.05) is 27.5 Å². The molecule has 0 bridgehead atoms. The lowest BCUT2D eigenvalue weighted by Gasteiger charge is -2.16. The number of nitrogens with one attached hydrogen (secondary N) is 1. The highest BCUT2D eigenvalue weighted by Crippen LogP contribution is 2.25. The first-order chi connectivity index (χ1) is 8.40. The van der Waals surface area contributed by atoms with E-state index in [-0.39, 0.29) is 23.1 Å². The molecule has 1 aromatic carbocycles. The molecule has 0 spiro atoms. The van der Waals surface area contributed by atoms with Crippen LogP contribution >= 0.6 is 27.5 Å². The lowest BCUT2D eigenvalue weighted by Crippen LogP contribution is -2.40. The quantitative estimate of drug-likeness (QED) is 0.806. The number of halogens is 2. The molecule has 0 saturated carbocycles. The third-order valence-corrected chi connectivity index (χ3v) is 4.59. The van der Waals surface area contributed by atoms with Crippen LogP contribution in [0.15, 0.2) is 27.6 Å². The minimum Gasteiger partial charge on any atom is -0.395 e. The van der Waals surface area contributed by atoms with Crippen LogP contribution < -0.4 is 4.72 Å². The van der Waals surface area contributed by atoms with Gasteiger partial charge < -0.3 is 9.84 Å². The van der Waals surface area contributed by atoms with E-state index in [0.29, 0.717) is 4.47 Å². The van der Waals surface area contributed by atoms with Crippen LogP contribution in [0.4, 0.5) is 0 Å². The summed E-state index contributed by atoms with van der Waals surface area (Å²) in [4.78, 5) is -0.0399. The summed E-state index contributed by atoms with van der Waals surface area (Å²) in [5.74, 6) is 0. The number of methoxy groups -OCH3 is 1. The highest BCUT2D eigenvalue weighted by molar-refractivity contribution is 9.10. The Morgan fingerprint density at radius 2 is 2.22 bits per heavy atom. The van der Waals surface area contributed by atoms with Crippen LogP contribution in [0.3, 0.4) is 0 Å². The Morgan fingerprint density at radius 1 is 1.56 bits per heavy atom. The smallest absolute Gasteiger partial charge is 0.242 e. The molecule has 0 heterocycles. The van der Waals surface area contributed by atoms with Gasteiger partial charge in [-0.05, 0) is 18.2 Å². The summed E-state index contributed by atoms with van der Waals surface area (Å²) in [5.41, 5.74) is 0.